The Hall–Kier alpha value is -1.96. The first-order chi connectivity index (χ1) is 12.2. The molecule has 2 aliphatic rings. The predicted octanol–water partition coefficient (Wildman–Crippen LogP) is 4.12. The van der Waals surface area contributed by atoms with E-state index in [9.17, 15) is 4.79 Å². The van der Waals surface area contributed by atoms with E-state index in [0.29, 0.717) is 23.3 Å². The van der Waals surface area contributed by atoms with Crippen molar-refractivity contribution in [2.24, 2.45) is 4.99 Å². The molecule has 0 bridgehead atoms. The van der Waals surface area contributed by atoms with Gasteiger partial charge in [-0.2, -0.15) is 0 Å². The van der Waals surface area contributed by atoms with E-state index in [4.69, 9.17) is 16.3 Å². The number of thioether (sulfide) groups is 1. The van der Waals surface area contributed by atoms with Crippen molar-refractivity contribution >= 4 is 57.5 Å². The number of carbonyl (C=O) groups is 1. The van der Waals surface area contributed by atoms with Gasteiger partial charge in [-0.25, -0.2) is 4.99 Å². The summed E-state index contributed by atoms with van der Waals surface area (Å²) in [5.41, 5.74) is 1.34. The van der Waals surface area contributed by atoms with Crippen LogP contribution in [-0.4, -0.2) is 35.6 Å². The van der Waals surface area contributed by atoms with E-state index >= 15 is 0 Å². The molecule has 1 aromatic carbocycles. The smallest absolute Gasteiger partial charge is 0.280 e. The molecule has 5 nitrogen and oxygen atoms in total. The molecule has 1 fully saturated rings. The molecule has 8 heteroatoms. The number of ether oxygens (including phenoxy) is 1. The third kappa shape index (κ3) is 3.15. The van der Waals surface area contributed by atoms with Crippen LogP contribution in [0.15, 0.2) is 46.4 Å². The van der Waals surface area contributed by atoms with Gasteiger partial charge in [-0.05, 0) is 35.7 Å². The molecule has 4 rings (SSSR count). The third-order valence-corrected chi connectivity index (χ3v) is 5.94. The first-order valence-electron chi connectivity index (χ1n) is 7.53. The van der Waals surface area contributed by atoms with E-state index < -0.39 is 0 Å². The highest BCUT2D eigenvalue weighted by atomic mass is 35.5. The lowest BCUT2D eigenvalue weighted by atomic mass is 10.2. The molecular formula is C17H14ClN3O2S2. The predicted molar refractivity (Wildman–Crippen MR) is 104 cm³/mol. The van der Waals surface area contributed by atoms with Crippen molar-refractivity contribution in [3.63, 3.8) is 0 Å². The van der Waals surface area contributed by atoms with Gasteiger partial charge >= 0.3 is 0 Å². The van der Waals surface area contributed by atoms with Gasteiger partial charge in [0.15, 0.2) is 5.17 Å². The standard InChI is InChI=1S/C17H14ClN3O2S2/c1-23-15-5-4-11(18)7-14(15)20-9-21-16(22)13(19-17(21)25-10-20)8-12-3-2-6-24-12/h2-8H,9-10H2,1H3/b13-8-. The maximum absolute atomic E-state index is 12.7. The molecule has 0 spiro atoms. The Morgan fingerprint density at radius 1 is 1.36 bits per heavy atom. The Bertz CT molecular complexity index is 880. The summed E-state index contributed by atoms with van der Waals surface area (Å²) in [4.78, 5) is 22.0. The first-order valence-corrected chi connectivity index (χ1v) is 9.77. The number of hydrogen-bond acceptors (Lipinski definition) is 6. The number of rotatable bonds is 3. The van der Waals surface area contributed by atoms with Crippen molar-refractivity contribution in [1.82, 2.24) is 4.90 Å². The van der Waals surface area contributed by atoms with Gasteiger partial charge in [-0.1, -0.05) is 29.4 Å². The molecule has 2 aromatic rings. The molecular weight excluding hydrogens is 378 g/mol. The second kappa shape index (κ2) is 6.74. The molecule has 0 unspecified atom stereocenters. The SMILES string of the molecule is COc1ccc(Cl)cc1N1CSC2=N/C(=C\c3cccs3)C(=O)N2C1. The highest BCUT2D eigenvalue weighted by molar-refractivity contribution is 8.14. The number of thiophene rings is 1. The molecule has 1 amide bonds. The zero-order valence-electron chi connectivity index (χ0n) is 13.3. The monoisotopic (exact) mass is 391 g/mol. The summed E-state index contributed by atoms with van der Waals surface area (Å²) in [6, 6.07) is 9.40. The summed E-state index contributed by atoms with van der Waals surface area (Å²) in [6.07, 6.45) is 1.84. The minimum atomic E-state index is -0.0819. The lowest BCUT2D eigenvalue weighted by Gasteiger charge is -2.34. The van der Waals surface area contributed by atoms with E-state index in [2.05, 4.69) is 9.89 Å². The van der Waals surface area contributed by atoms with Crippen molar-refractivity contribution in [2.75, 3.05) is 24.6 Å². The van der Waals surface area contributed by atoms with Crippen LogP contribution in [-0.2, 0) is 4.79 Å². The van der Waals surface area contributed by atoms with Crippen LogP contribution in [0, 0.1) is 0 Å². The molecule has 0 atom stereocenters. The summed E-state index contributed by atoms with van der Waals surface area (Å²) in [5.74, 6) is 1.32. The van der Waals surface area contributed by atoms with E-state index in [-0.39, 0.29) is 5.91 Å². The minimum Gasteiger partial charge on any atom is -0.495 e. The van der Waals surface area contributed by atoms with Gasteiger partial charge < -0.3 is 9.64 Å². The fourth-order valence-corrected chi connectivity index (χ4v) is 4.45. The van der Waals surface area contributed by atoms with E-state index in [1.54, 1.807) is 29.4 Å². The van der Waals surface area contributed by atoms with Gasteiger partial charge in [0.1, 0.15) is 18.1 Å². The Labute approximate surface area is 158 Å². The first kappa shape index (κ1) is 16.5. The molecule has 3 heterocycles. The lowest BCUT2D eigenvalue weighted by Crippen LogP contribution is -2.46. The average molecular weight is 392 g/mol. The van der Waals surface area contributed by atoms with Crippen molar-refractivity contribution in [3.05, 3.63) is 51.3 Å². The van der Waals surface area contributed by atoms with Crippen molar-refractivity contribution in [1.29, 1.82) is 0 Å². The number of amides is 1. The van der Waals surface area contributed by atoms with Crippen LogP contribution in [0.1, 0.15) is 4.88 Å². The number of aliphatic imine (C=N–C) groups is 1. The van der Waals surface area contributed by atoms with E-state index in [0.717, 1.165) is 21.5 Å². The molecule has 25 heavy (non-hydrogen) atoms. The van der Waals surface area contributed by atoms with E-state index in [1.807, 2.05) is 35.7 Å². The molecule has 0 radical (unpaired) electrons. The number of benzene rings is 1. The number of fused-ring (bicyclic) bond motifs is 1. The van der Waals surface area contributed by atoms with Crippen LogP contribution in [0.2, 0.25) is 5.02 Å². The van der Waals surface area contributed by atoms with Crippen LogP contribution in [0.3, 0.4) is 0 Å². The second-order valence-electron chi connectivity index (χ2n) is 5.44. The van der Waals surface area contributed by atoms with E-state index in [1.165, 1.54) is 11.8 Å². The Morgan fingerprint density at radius 3 is 3.00 bits per heavy atom. The highest BCUT2D eigenvalue weighted by Crippen LogP contribution is 2.36. The molecule has 0 saturated carbocycles. The zero-order valence-corrected chi connectivity index (χ0v) is 15.7. The summed E-state index contributed by atoms with van der Waals surface area (Å²) in [6.45, 7) is 0.420. The molecule has 0 N–H and O–H groups in total. The summed E-state index contributed by atoms with van der Waals surface area (Å²) < 4.78 is 5.43. The number of anilines is 1. The number of hydrogen-bond donors (Lipinski definition) is 0. The number of methoxy groups -OCH3 is 1. The van der Waals surface area contributed by atoms with Gasteiger partial charge in [0.2, 0.25) is 0 Å². The summed E-state index contributed by atoms with van der Waals surface area (Å²) >= 11 is 9.25. The Balaban J connectivity index is 1.60. The van der Waals surface area contributed by atoms with Gasteiger partial charge in [0, 0.05) is 9.90 Å². The molecule has 128 valence electrons. The van der Waals surface area contributed by atoms with Crippen LogP contribution < -0.4 is 9.64 Å². The average Bonchev–Trinajstić information content (AvgIpc) is 3.24. The van der Waals surface area contributed by atoms with Crippen molar-refractivity contribution in [2.45, 2.75) is 0 Å². The van der Waals surface area contributed by atoms with Gasteiger partial charge in [0.25, 0.3) is 5.91 Å². The normalized spacial score (nSPS) is 18.6. The number of carbonyl (C=O) groups excluding carboxylic acids is 1. The fourth-order valence-electron chi connectivity index (χ4n) is 2.68. The largest absolute Gasteiger partial charge is 0.495 e. The molecule has 2 aliphatic heterocycles. The van der Waals surface area contributed by atoms with Gasteiger partial charge in [-0.15, -0.1) is 11.3 Å². The molecule has 0 aliphatic carbocycles. The third-order valence-electron chi connectivity index (χ3n) is 3.88. The van der Waals surface area contributed by atoms with Crippen molar-refractivity contribution in [3.8, 4) is 5.75 Å². The Kier molecular flexibility index (Phi) is 4.45. The van der Waals surface area contributed by atoms with Crippen LogP contribution in [0.5, 0.6) is 5.75 Å². The summed E-state index contributed by atoms with van der Waals surface area (Å²) in [5, 5.41) is 3.35. The summed E-state index contributed by atoms with van der Waals surface area (Å²) in [7, 11) is 1.62. The topological polar surface area (TPSA) is 45.1 Å². The van der Waals surface area contributed by atoms with Gasteiger partial charge in [0.05, 0.1) is 18.7 Å². The Morgan fingerprint density at radius 2 is 2.24 bits per heavy atom. The maximum atomic E-state index is 12.7. The lowest BCUT2D eigenvalue weighted by molar-refractivity contribution is -0.122. The molecule has 1 saturated heterocycles. The van der Waals surface area contributed by atoms with Crippen molar-refractivity contribution < 1.29 is 9.53 Å². The molecule has 1 aromatic heterocycles. The second-order valence-corrected chi connectivity index (χ2v) is 7.77. The zero-order chi connectivity index (χ0) is 17.4. The number of nitrogens with zero attached hydrogens (tertiary/aromatic N) is 3. The van der Waals surface area contributed by atoms with Crippen LogP contribution in [0.4, 0.5) is 5.69 Å². The number of halogens is 1. The minimum absolute atomic E-state index is 0.0819. The van der Waals surface area contributed by atoms with Crippen LogP contribution in [0.25, 0.3) is 6.08 Å². The number of amidine groups is 1. The quantitative estimate of drug-likeness (QED) is 0.738. The maximum Gasteiger partial charge on any atom is 0.280 e. The highest BCUT2D eigenvalue weighted by Gasteiger charge is 2.36. The van der Waals surface area contributed by atoms with Gasteiger partial charge in [-0.3, -0.25) is 9.69 Å². The van der Waals surface area contributed by atoms with Crippen LogP contribution >= 0.6 is 34.7 Å². The fraction of sp³-hybridized carbons (Fsp3) is 0.176.